The van der Waals surface area contributed by atoms with E-state index >= 15 is 0 Å². The van der Waals surface area contributed by atoms with Gasteiger partial charge in [0.2, 0.25) is 11.6 Å². The van der Waals surface area contributed by atoms with Crippen LogP contribution in [0.2, 0.25) is 0 Å². The molecule has 1 aromatic heterocycles. The van der Waals surface area contributed by atoms with E-state index in [1.54, 1.807) is 13.0 Å². The van der Waals surface area contributed by atoms with Crippen LogP contribution in [0, 0.1) is 13.5 Å². The number of nitrogens with zero attached hydrogens (tertiary/aromatic N) is 3. The second-order valence-electron chi connectivity index (χ2n) is 7.54. The molecule has 1 heterocycles. The Hall–Kier alpha value is -4.53. The topological polar surface area (TPSA) is 87.1 Å². The molecule has 7 heteroatoms. The van der Waals surface area contributed by atoms with Crippen molar-refractivity contribution in [1.29, 1.82) is 0 Å². The summed E-state index contributed by atoms with van der Waals surface area (Å²) in [6, 6.07) is 13.6. The third-order valence-electron chi connectivity index (χ3n) is 5.58. The van der Waals surface area contributed by atoms with E-state index in [0.29, 0.717) is 5.56 Å². The lowest BCUT2D eigenvalue weighted by Gasteiger charge is -2.20. The zero-order valence-corrected chi connectivity index (χ0v) is 19.2. The van der Waals surface area contributed by atoms with E-state index in [2.05, 4.69) is 29.3 Å². The van der Waals surface area contributed by atoms with Gasteiger partial charge in [-0.2, -0.15) is 0 Å². The zero-order valence-electron chi connectivity index (χ0n) is 19.2. The van der Waals surface area contributed by atoms with E-state index in [-0.39, 0.29) is 22.5 Å². The van der Waals surface area contributed by atoms with Crippen molar-refractivity contribution in [3.63, 3.8) is 0 Å². The van der Waals surface area contributed by atoms with Crippen molar-refractivity contribution < 1.29 is 15.0 Å². The van der Waals surface area contributed by atoms with Gasteiger partial charge in [0.1, 0.15) is 0 Å². The highest BCUT2D eigenvalue weighted by atomic mass is 16.4. The summed E-state index contributed by atoms with van der Waals surface area (Å²) >= 11 is 0. The van der Waals surface area contributed by atoms with E-state index in [1.807, 2.05) is 24.3 Å². The van der Waals surface area contributed by atoms with Crippen LogP contribution in [-0.2, 0) is 0 Å². The molecular formula is C27H25N3O4. The Morgan fingerprint density at radius 2 is 1.82 bits per heavy atom. The Morgan fingerprint density at radius 1 is 1.15 bits per heavy atom. The molecule has 3 rings (SSSR count). The molecule has 0 atom stereocenters. The number of benzene rings is 2. The highest BCUT2D eigenvalue weighted by Gasteiger charge is 2.19. The van der Waals surface area contributed by atoms with Crippen LogP contribution in [0.5, 0.6) is 5.88 Å². The van der Waals surface area contributed by atoms with Gasteiger partial charge in [-0.3, -0.25) is 9.36 Å². The summed E-state index contributed by atoms with van der Waals surface area (Å²) in [5.74, 6) is -1.70. The molecule has 34 heavy (non-hydrogen) atoms. The Balaban J connectivity index is 2.09. The SMILES string of the molecule is [C-]#[N+]c1c(C)c(C=C=Cc2ccc(N(CC)CC)cc2)c(=O)n(-c2cccc(C(=O)O)c2)c1O. The van der Waals surface area contributed by atoms with Crippen LogP contribution in [-0.4, -0.2) is 33.8 Å². The average Bonchev–Trinajstić information content (AvgIpc) is 2.83. The quantitative estimate of drug-likeness (QED) is 0.374. The largest absolute Gasteiger partial charge is 0.502 e. The maximum Gasteiger partial charge on any atom is 0.335 e. The van der Waals surface area contributed by atoms with Crippen molar-refractivity contribution in [2.24, 2.45) is 0 Å². The second-order valence-corrected chi connectivity index (χ2v) is 7.54. The lowest BCUT2D eigenvalue weighted by atomic mass is 10.1. The summed E-state index contributed by atoms with van der Waals surface area (Å²) in [5, 5.41) is 19.9. The first kappa shape index (κ1) is 24.1. The van der Waals surface area contributed by atoms with E-state index in [9.17, 15) is 19.8 Å². The summed E-state index contributed by atoms with van der Waals surface area (Å²) in [6.45, 7) is 15.1. The van der Waals surface area contributed by atoms with Crippen molar-refractivity contribution in [3.05, 3.63) is 98.3 Å². The molecule has 0 aliphatic carbocycles. The van der Waals surface area contributed by atoms with Gasteiger partial charge in [0.25, 0.3) is 5.56 Å². The molecule has 3 aromatic rings. The molecule has 0 fully saturated rings. The average molecular weight is 456 g/mol. The van der Waals surface area contributed by atoms with Crippen LogP contribution >= 0.6 is 0 Å². The number of aromatic nitrogens is 1. The van der Waals surface area contributed by atoms with Crippen LogP contribution in [0.25, 0.3) is 22.7 Å². The van der Waals surface area contributed by atoms with E-state index in [0.717, 1.165) is 28.9 Å². The van der Waals surface area contributed by atoms with Gasteiger partial charge >= 0.3 is 5.97 Å². The molecule has 2 aromatic carbocycles. The molecule has 0 unspecified atom stereocenters. The molecule has 0 radical (unpaired) electrons. The number of aromatic hydroxyl groups is 1. The van der Waals surface area contributed by atoms with E-state index in [1.165, 1.54) is 30.3 Å². The molecule has 7 nitrogen and oxygen atoms in total. The van der Waals surface area contributed by atoms with Crippen LogP contribution in [0.15, 0.2) is 59.1 Å². The molecule has 0 aliphatic rings. The normalized spacial score (nSPS) is 10.2. The number of carboxylic acid groups (broad SMARTS) is 1. The molecule has 0 saturated carbocycles. The van der Waals surface area contributed by atoms with Gasteiger partial charge in [-0.05, 0) is 74.4 Å². The van der Waals surface area contributed by atoms with Crippen LogP contribution in [0.1, 0.15) is 40.9 Å². The predicted octanol–water partition coefficient (Wildman–Crippen LogP) is 5.27. The van der Waals surface area contributed by atoms with Crippen molar-refractivity contribution in [2.75, 3.05) is 18.0 Å². The molecule has 2 N–H and O–H groups in total. The van der Waals surface area contributed by atoms with Crippen LogP contribution in [0.3, 0.4) is 0 Å². The van der Waals surface area contributed by atoms with Crippen molar-refractivity contribution >= 4 is 29.5 Å². The molecule has 0 amide bonds. The minimum absolute atomic E-state index is 0.0427. The lowest BCUT2D eigenvalue weighted by molar-refractivity contribution is 0.0697. The monoisotopic (exact) mass is 455 g/mol. The van der Waals surface area contributed by atoms with E-state index < -0.39 is 17.4 Å². The lowest BCUT2D eigenvalue weighted by Crippen LogP contribution is -2.22. The fraction of sp³-hybridized carbons (Fsp3) is 0.185. The summed E-state index contributed by atoms with van der Waals surface area (Å²) in [7, 11) is 0. The van der Waals surface area contributed by atoms with Crippen molar-refractivity contribution in [1.82, 2.24) is 4.57 Å². The van der Waals surface area contributed by atoms with Gasteiger partial charge in [-0.25, -0.2) is 9.64 Å². The minimum atomic E-state index is -1.16. The van der Waals surface area contributed by atoms with Crippen LogP contribution < -0.4 is 10.5 Å². The first-order chi connectivity index (χ1) is 16.3. The number of hydrogen-bond acceptors (Lipinski definition) is 4. The van der Waals surface area contributed by atoms with Gasteiger partial charge in [0, 0.05) is 24.3 Å². The zero-order chi connectivity index (χ0) is 24.8. The maximum atomic E-state index is 13.3. The summed E-state index contributed by atoms with van der Waals surface area (Å²) in [5.41, 5.74) is 4.95. The summed E-state index contributed by atoms with van der Waals surface area (Å²) < 4.78 is 0.944. The second kappa shape index (κ2) is 10.4. The van der Waals surface area contributed by atoms with Gasteiger partial charge in [0.15, 0.2) is 0 Å². The number of anilines is 1. The first-order valence-electron chi connectivity index (χ1n) is 10.8. The number of aromatic carboxylic acids is 1. The number of hydrogen-bond donors (Lipinski definition) is 2. The number of carboxylic acids is 1. The number of pyridine rings is 1. The first-order valence-corrected chi connectivity index (χ1v) is 10.8. The van der Waals surface area contributed by atoms with Gasteiger partial charge in [-0.1, -0.05) is 18.2 Å². The number of rotatable bonds is 7. The summed E-state index contributed by atoms with van der Waals surface area (Å²) in [6.07, 6.45) is 3.20. The Labute approximate surface area is 198 Å². The fourth-order valence-electron chi connectivity index (χ4n) is 3.69. The highest BCUT2D eigenvalue weighted by Crippen LogP contribution is 2.33. The predicted molar refractivity (Wildman–Crippen MR) is 134 cm³/mol. The van der Waals surface area contributed by atoms with Crippen molar-refractivity contribution in [2.45, 2.75) is 20.8 Å². The van der Waals surface area contributed by atoms with Crippen LogP contribution in [0.4, 0.5) is 11.4 Å². The van der Waals surface area contributed by atoms with E-state index in [4.69, 9.17) is 6.57 Å². The Morgan fingerprint density at radius 3 is 2.41 bits per heavy atom. The minimum Gasteiger partial charge on any atom is -0.502 e. The van der Waals surface area contributed by atoms with Gasteiger partial charge in [0.05, 0.1) is 17.8 Å². The Bertz CT molecular complexity index is 1390. The van der Waals surface area contributed by atoms with Gasteiger partial charge < -0.3 is 15.1 Å². The third kappa shape index (κ3) is 4.78. The molecule has 0 saturated heterocycles. The smallest absolute Gasteiger partial charge is 0.335 e. The highest BCUT2D eigenvalue weighted by molar-refractivity contribution is 5.88. The third-order valence-corrected chi connectivity index (χ3v) is 5.58. The number of carbonyl (C=O) groups is 1. The molecule has 0 spiro atoms. The maximum absolute atomic E-state index is 13.3. The molecular weight excluding hydrogens is 430 g/mol. The summed E-state index contributed by atoms with van der Waals surface area (Å²) in [4.78, 5) is 30.2. The fourth-order valence-corrected chi connectivity index (χ4v) is 3.69. The molecule has 0 bridgehead atoms. The standard InChI is InChI=1S/C27H25N3O4/c1-5-29(6-2)21-15-13-19(14-16-21)9-7-12-23-18(3)24(28-4)26(32)30(25(23)31)22-11-8-10-20(17-22)27(33)34/h8-17,32H,5-6H2,1-3H3,(H,33,34). The Kier molecular flexibility index (Phi) is 7.37. The molecule has 172 valence electrons. The van der Waals surface area contributed by atoms with Crippen molar-refractivity contribution in [3.8, 4) is 11.6 Å². The molecule has 0 aliphatic heterocycles. The van der Waals surface area contributed by atoms with Gasteiger partial charge in [-0.15, -0.1) is 5.73 Å².